The first-order chi connectivity index (χ1) is 8.43. The molecule has 2 heterocycles. The van der Waals surface area contributed by atoms with Crippen molar-refractivity contribution < 1.29 is 14.3 Å². The molecule has 0 aromatic heterocycles. The molecule has 1 N–H and O–H groups in total. The Hall–Kier alpha value is -0.810. The number of carbonyl (C=O) groups is 1. The van der Waals surface area contributed by atoms with Gasteiger partial charge < -0.3 is 14.8 Å². The molecule has 104 valence electrons. The molecule has 0 radical (unpaired) electrons. The van der Waals surface area contributed by atoms with Gasteiger partial charge in [0.15, 0.2) is 0 Å². The van der Waals surface area contributed by atoms with E-state index in [2.05, 4.69) is 5.32 Å². The largest absolute Gasteiger partial charge is 0.444 e. The van der Waals surface area contributed by atoms with Crippen LogP contribution >= 0.6 is 0 Å². The normalized spacial score (nSPS) is 29.4. The molecule has 0 saturated carbocycles. The number of amides is 1. The molecule has 1 unspecified atom stereocenters. The summed E-state index contributed by atoms with van der Waals surface area (Å²) in [5.74, 6) is 0. The van der Waals surface area contributed by atoms with Crippen molar-refractivity contribution in [1.82, 2.24) is 10.2 Å². The Balaban J connectivity index is 2.10. The van der Waals surface area contributed by atoms with Crippen molar-refractivity contribution >= 4 is 6.09 Å². The average Bonchev–Trinajstić information content (AvgIpc) is 2.28. The molecule has 1 atom stereocenters. The van der Waals surface area contributed by atoms with Gasteiger partial charge >= 0.3 is 6.09 Å². The molecular formula is C13H24N2O3. The van der Waals surface area contributed by atoms with E-state index in [-0.39, 0.29) is 11.6 Å². The van der Waals surface area contributed by atoms with Gasteiger partial charge in [-0.15, -0.1) is 0 Å². The lowest BCUT2D eigenvalue weighted by Gasteiger charge is -2.49. The Morgan fingerprint density at radius 1 is 1.44 bits per heavy atom. The molecule has 2 fully saturated rings. The molecular weight excluding hydrogens is 232 g/mol. The molecule has 2 rings (SSSR count). The Kier molecular flexibility index (Phi) is 3.82. The zero-order valence-electron chi connectivity index (χ0n) is 11.6. The minimum atomic E-state index is -0.446. The number of hydrogen-bond acceptors (Lipinski definition) is 4. The monoisotopic (exact) mass is 256 g/mol. The zero-order chi connectivity index (χ0) is 13.2. The van der Waals surface area contributed by atoms with Crippen molar-refractivity contribution in [2.24, 2.45) is 0 Å². The van der Waals surface area contributed by atoms with Gasteiger partial charge in [-0.05, 0) is 33.6 Å². The third kappa shape index (κ3) is 2.95. The second-order valence-corrected chi connectivity index (χ2v) is 6.19. The fourth-order valence-electron chi connectivity index (χ4n) is 2.64. The number of piperazine rings is 1. The van der Waals surface area contributed by atoms with Gasteiger partial charge in [-0.1, -0.05) is 0 Å². The van der Waals surface area contributed by atoms with Crippen LogP contribution in [0.4, 0.5) is 4.79 Å². The van der Waals surface area contributed by atoms with E-state index in [1.54, 1.807) is 0 Å². The SMILES string of the molecule is CC(C)(C)OC(=O)N1CCNCC12CCCOC2. The van der Waals surface area contributed by atoms with Crippen molar-refractivity contribution in [2.45, 2.75) is 44.8 Å². The Bertz CT molecular complexity index is 298. The Labute approximate surface area is 109 Å². The molecule has 2 saturated heterocycles. The summed E-state index contributed by atoms with van der Waals surface area (Å²) in [5, 5.41) is 3.36. The highest BCUT2D eigenvalue weighted by Crippen LogP contribution is 2.29. The van der Waals surface area contributed by atoms with E-state index < -0.39 is 5.60 Å². The molecule has 18 heavy (non-hydrogen) atoms. The fourth-order valence-corrected chi connectivity index (χ4v) is 2.64. The third-order valence-electron chi connectivity index (χ3n) is 3.45. The summed E-state index contributed by atoms with van der Waals surface area (Å²) >= 11 is 0. The molecule has 2 aliphatic heterocycles. The van der Waals surface area contributed by atoms with Gasteiger partial charge in [0, 0.05) is 26.2 Å². The van der Waals surface area contributed by atoms with Gasteiger partial charge in [0.05, 0.1) is 12.1 Å². The lowest BCUT2D eigenvalue weighted by atomic mass is 9.89. The van der Waals surface area contributed by atoms with Gasteiger partial charge in [-0.3, -0.25) is 4.90 Å². The highest BCUT2D eigenvalue weighted by atomic mass is 16.6. The van der Waals surface area contributed by atoms with Crippen molar-refractivity contribution in [3.05, 3.63) is 0 Å². The summed E-state index contributed by atoms with van der Waals surface area (Å²) in [4.78, 5) is 14.2. The maximum atomic E-state index is 12.3. The maximum Gasteiger partial charge on any atom is 0.410 e. The third-order valence-corrected chi connectivity index (χ3v) is 3.45. The quantitative estimate of drug-likeness (QED) is 0.711. The van der Waals surface area contributed by atoms with Crippen LogP contribution in [0.1, 0.15) is 33.6 Å². The topological polar surface area (TPSA) is 50.8 Å². The van der Waals surface area contributed by atoms with Crippen molar-refractivity contribution in [2.75, 3.05) is 32.8 Å². The number of rotatable bonds is 0. The van der Waals surface area contributed by atoms with E-state index in [0.29, 0.717) is 13.2 Å². The molecule has 5 nitrogen and oxygen atoms in total. The van der Waals surface area contributed by atoms with Crippen LogP contribution in [0.2, 0.25) is 0 Å². The van der Waals surface area contributed by atoms with E-state index in [0.717, 1.165) is 32.5 Å². The predicted molar refractivity (Wildman–Crippen MR) is 68.6 cm³/mol. The van der Waals surface area contributed by atoms with Gasteiger partial charge in [0.2, 0.25) is 0 Å². The second-order valence-electron chi connectivity index (χ2n) is 6.19. The number of nitrogens with zero attached hydrogens (tertiary/aromatic N) is 1. The smallest absolute Gasteiger partial charge is 0.410 e. The van der Waals surface area contributed by atoms with Crippen LogP contribution in [0.25, 0.3) is 0 Å². The lowest BCUT2D eigenvalue weighted by molar-refractivity contribution is -0.0680. The van der Waals surface area contributed by atoms with Crippen LogP contribution in [-0.2, 0) is 9.47 Å². The predicted octanol–water partition coefficient (Wildman–Crippen LogP) is 1.38. The van der Waals surface area contributed by atoms with Crippen LogP contribution < -0.4 is 5.32 Å². The fraction of sp³-hybridized carbons (Fsp3) is 0.923. The number of carbonyl (C=O) groups excluding carboxylic acids is 1. The standard InChI is InChI=1S/C13H24N2O3/c1-12(2,3)18-11(16)15-7-6-14-9-13(15)5-4-8-17-10-13/h14H,4-10H2,1-3H3. The zero-order valence-corrected chi connectivity index (χ0v) is 11.6. The first-order valence-electron chi connectivity index (χ1n) is 6.72. The summed E-state index contributed by atoms with van der Waals surface area (Å²) in [7, 11) is 0. The summed E-state index contributed by atoms with van der Waals surface area (Å²) in [5.41, 5.74) is -0.655. The van der Waals surface area contributed by atoms with Crippen LogP contribution in [0.3, 0.4) is 0 Å². The molecule has 2 aliphatic rings. The van der Waals surface area contributed by atoms with Gasteiger partial charge in [0.1, 0.15) is 5.60 Å². The summed E-state index contributed by atoms with van der Waals surface area (Å²) < 4.78 is 11.1. The van der Waals surface area contributed by atoms with Crippen LogP contribution in [-0.4, -0.2) is 55.0 Å². The van der Waals surface area contributed by atoms with Gasteiger partial charge in [-0.2, -0.15) is 0 Å². The Morgan fingerprint density at radius 3 is 2.83 bits per heavy atom. The first-order valence-corrected chi connectivity index (χ1v) is 6.72. The Morgan fingerprint density at radius 2 is 2.22 bits per heavy atom. The minimum Gasteiger partial charge on any atom is -0.444 e. The molecule has 1 amide bonds. The van der Waals surface area contributed by atoms with Crippen LogP contribution in [0.5, 0.6) is 0 Å². The molecule has 0 aliphatic carbocycles. The first kappa shape index (κ1) is 13.6. The second kappa shape index (κ2) is 5.05. The van der Waals surface area contributed by atoms with E-state index in [1.165, 1.54) is 0 Å². The lowest BCUT2D eigenvalue weighted by Crippen LogP contribution is -2.66. The van der Waals surface area contributed by atoms with E-state index in [9.17, 15) is 4.79 Å². The van der Waals surface area contributed by atoms with Crippen molar-refractivity contribution in [1.29, 1.82) is 0 Å². The summed E-state index contributed by atoms with van der Waals surface area (Å²) in [6, 6.07) is 0. The molecule has 5 heteroatoms. The van der Waals surface area contributed by atoms with Crippen molar-refractivity contribution in [3.8, 4) is 0 Å². The number of hydrogen-bond donors (Lipinski definition) is 1. The van der Waals surface area contributed by atoms with Gasteiger partial charge in [-0.25, -0.2) is 4.79 Å². The van der Waals surface area contributed by atoms with E-state index >= 15 is 0 Å². The highest BCUT2D eigenvalue weighted by Gasteiger charge is 2.44. The van der Waals surface area contributed by atoms with Crippen LogP contribution in [0, 0.1) is 0 Å². The molecule has 0 aromatic carbocycles. The summed E-state index contributed by atoms with van der Waals surface area (Å²) in [6.07, 6.45) is 1.77. The molecule has 0 bridgehead atoms. The van der Waals surface area contributed by atoms with Crippen LogP contribution in [0.15, 0.2) is 0 Å². The number of ether oxygens (including phenoxy) is 2. The molecule has 0 aromatic rings. The van der Waals surface area contributed by atoms with E-state index in [1.807, 2.05) is 25.7 Å². The highest BCUT2D eigenvalue weighted by molar-refractivity contribution is 5.69. The molecule has 1 spiro atoms. The van der Waals surface area contributed by atoms with Gasteiger partial charge in [0.25, 0.3) is 0 Å². The summed E-state index contributed by atoms with van der Waals surface area (Å²) in [6.45, 7) is 9.42. The van der Waals surface area contributed by atoms with Crippen molar-refractivity contribution in [3.63, 3.8) is 0 Å². The number of nitrogens with one attached hydrogen (secondary N) is 1. The average molecular weight is 256 g/mol. The maximum absolute atomic E-state index is 12.3. The minimum absolute atomic E-state index is 0.209. The van der Waals surface area contributed by atoms with E-state index in [4.69, 9.17) is 9.47 Å².